The van der Waals surface area contributed by atoms with E-state index in [1.54, 1.807) is 11.8 Å². The molecule has 0 saturated carbocycles. The second-order valence-electron chi connectivity index (χ2n) is 4.68. The van der Waals surface area contributed by atoms with Gasteiger partial charge in [-0.1, -0.05) is 30.3 Å². The molecule has 0 saturated heterocycles. The summed E-state index contributed by atoms with van der Waals surface area (Å²) in [6.07, 6.45) is 0. The number of aliphatic hydroxyl groups is 1. The summed E-state index contributed by atoms with van der Waals surface area (Å²) in [7, 11) is 1.92. The Hall–Kier alpha value is -1.26. The highest BCUT2D eigenvalue weighted by Crippen LogP contribution is 2.29. The number of aromatic nitrogens is 2. The number of nitrogens with zero attached hydrogens (tertiary/aromatic N) is 2. The third-order valence-corrected chi connectivity index (χ3v) is 4.24. The van der Waals surface area contributed by atoms with Crippen molar-refractivity contribution in [1.82, 2.24) is 9.78 Å². The smallest absolute Gasteiger partial charge is 0.0962 e. The monoisotopic (exact) mass is 262 g/mol. The van der Waals surface area contributed by atoms with E-state index in [0.717, 1.165) is 16.3 Å². The zero-order valence-electron chi connectivity index (χ0n) is 10.9. The van der Waals surface area contributed by atoms with Crippen molar-refractivity contribution in [2.75, 3.05) is 5.75 Å². The van der Waals surface area contributed by atoms with Crippen LogP contribution in [0.25, 0.3) is 0 Å². The molecule has 0 aliphatic heterocycles. The molecule has 1 N–H and O–H groups in total. The fraction of sp³-hybridized carbons (Fsp3) is 0.357. The van der Waals surface area contributed by atoms with Gasteiger partial charge in [0, 0.05) is 12.8 Å². The number of rotatable bonds is 4. The standard InChI is InChI=1S/C14H18N2OS/c1-11-9-13(16(3)15-11)18-10-14(2,17)12-7-5-4-6-8-12/h4-9,17H,10H2,1-3H3. The van der Waals surface area contributed by atoms with Gasteiger partial charge < -0.3 is 5.11 Å². The molecular weight excluding hydrogens is 244 g/mol. The average Bonchev–Trinajstić information content (AvgIpc) is 2.67. The van der Waals surface area contributed by atoms with E-state index in [2.05, 4.69) is 5.10 Å². The molecule has 1 atom stereocenters. The normalized spacial score (nSPS) is 14.4. The Labute approximate surface area is 112 Å². The summed E-state index contributed by atoms with van der Waals surface area (Å²) in [5.74, 6) is 0.607. The van der Waals surface area contributed by atoms with Crippen LogP contribution in [-0.2, 0) is 12.6 Å². The van der Waals surface area contributed by atoms with E-state index in [9.17, 15) is 5.11 Å². The third kappa shape index (κ3) is 2.94. The molecule has 1 aromatic carbocycles. The predicted octanol–water partition coefficient (Wildman–Crippen LogP) is 2.73. The van der Waals surface area contributed by atoms with E-state index in [-0.39, 0.29) is 0 Å². The van der Waals surface area contributed by atoms with Crippen molar-refractivity contribution in [3.63, 3.8) is 0 Å². The van der Waals surface area contributed by atoms with Crippen LogP contribution in [0.4, 0.5) is 0 Å². The number of benzene rings is 1. The number of thioether (sulfide) groups is 1. The van der Waals surface area contributed by atoms with Gasteiger partial charge in [0.2, 0.25) is 0 Å². The van der Waals surface area contributed by atoms with E-state index < -0.39 is 5.60 Å². The molecule has 4 heteroatoms. The molecule has 0 aliphatic carbocycles. The fourth-order valence-electron chi connectivity index (χ4n) is 1.82. The minimum atomic E-state index is -0.829. The van der Waals surface area contributed by atoms with Gasteiger partial charge in [-0.15, -0.1) is 11.8 Å². The minimum absolute atomic E-state index is 0.607. The Bertz CT molecular complexity index is 520. The van der Waals surface area contributed by atoms with Crippen LogP contribution in [0.15, 0.2) is 41.4 Å². The Kier molecular flexibility index (Phi) is 3.78. The van der Waals surface area contributed by atoms with E-state index in [0.29, 0.717) is 5.75 Å². The summed E-state index contributed by atoms with van der Waals surface area (Å²) >= 11 is 1.62. The van der Waals surface area contributed by atoms with Crippen LogP contribution in [0, 0.1) is 6.92 Å². The summed E-state index contributed by atoms with van der Waals surface area (Å²) in [6, 6.07) is 11.8. The topological polar surface area (TPSA) is 38.0 Å². The Morgan fingerprint density at radius 1 is 1.33 bits per heavy atom. The van der Waals surface area contributed by atoms with Crippen LogP contribution >= 0.6 is 11.8 Å². The molecule has 3 nitrogen and oxygen atoms in total. The summed E-state index contributed by atoms with van der Waals surface area (Å²) in [6.45, 7) is 3.82. The highest BCUT2D eigenvalue weighted by atomic mass is 32.2. The maximum Gasteiger partial charge on any atom is 0.0962 e. The number of hydrogen-bond donors (Lipinski definition) is 1. The van der Waals surface area contributed by atoms with Crippen molar-refractivity contribution in [2.24, 2.45) is 7.05 Å². The van der Waals surface area contributed by atoms with Crippen LogP contribution in [0.2, 0.25) is 0 Å². The van der Waals surface area contributed by atoms with Crippen LogP contribution in [0.5, 0.6) is 0 Å². The Morgan fingerprint density at radius 2 is 2.00 bits per heavy atom. The van der Waals surface area contributed by atoms with Gasteiger partial charge in [0.05, 0.1) is 16.3 Å². The van der Waals surface area contributed by atoms with Crippen molar-refractivity contribution in [1.29, 1.82) is 0 Å². The molecule has 1 unspecified atom stereocenters. The third-order valence-electron chi connectivity index (χ3n) is 2.86. The molecule has 0 aliphatic rings. The van der Waals surface area contributed by atoms with Gasteiger partial charge >= 0.3 is 0 Å². The van der Waals surface area contributed by atoms with Crippen molar-refractivity contribution in [3.05, 3.63) is 47.7 Å². The van der Waals surface area contributed by atoms with Gasteiger partial charge in [-0.05, 0) is 25.5 Å². The van der Waals surface area contributed by atoms with Crippen LogP contribution in [0.1, 0.15) is 18.2 Å². The first-order valence-corrected chi connectivity index (χ1v) is 6.89. The van der Waals surface area contributed by atoms with E-state index in [1.807, 2.05) is 62.0 Å². The highest BCUT2D eigenvalue weighted by molar-refractivity contribution is 7.99. The second-order valence-corrected chi connectivity index (χ2v) is 5.67. The molecule has 1 heterocycles. The lowest BCUT2D eigenvalue weighted by Crippen LogP contribution is -2.24. The van der Waals surface area contributed by atoms with Gasteiger partial charge in [-0.25, -0.2) is 0 Å². The maximum absolute atomic E-state index is 10.5. The zero-order chi connectivity index (χ0) is 13.2. The molecular formula is C14H18N2OS. The maximum atomic E-state index is 10.5. The van der Waals surface area contributed by atoms with E-state index in [4.69, 9.17) is 0 Å². The lowest BCUT2D eigenvalue weighted by atomic mass is 9.99. The quantitative estimate of drug-likeness (QED) is 0.861. The molecule has 2 aromatic rings. The average molecular weight is 262 g/mol. The van der Waals surface area contributed by atoms with E-state index in [1.165, 1.54) is 0 Å². The fourth-order valence-corrected chi connectivity index (χ4v) is 2.89. The molecule has 1 aromatic heterocycles. The molecule has 0 bridgehead atoms. The summed E-state index contributed by atoms with van der Waals surface area (Å²) in [4.78, 5) is 0. The van der Waals surface area contributed by atoms with Gasteiger partial charge in [0.15, 0.2) is 0 Å². The van der Waals surface area contributed by atoms with Gasteiger partial charge in [0.1, 0.15) is 0 Å². The van der Waals surface area contributed by atoms with E-state index >= 15 is 0 Å². The number of aryl methyl sites for hydroxylation is 2. The van der Waals surface area contributed by atoms with Crippen molar-refractivity contribution in [3.8, 4) is 0 Å². The first kappa shape index (κ1) is 13.2. The van der Waals surface area contributed by atoms with Crippen molar-refractivity contribution >= 4 is 11.8 Å². The zero-order valence-corrected chi connectivity index (χ0v) is 11.7. The van der Waals surface area contributed by atoms with Crippen LogP contribution < -0.4 is 0 Å². The number of hydrogen-bond acceptors (Lipinski definition) is 3. The first-order valence-electron chi connectivity index (χ1n) is 5.90. The van der Waals surface area contributed by atoms with Crippen molar-refractivity contribution in [2.45, 2.75) is 24.5 Å². The SMILES string of the molecule is Cc1cc(SCC(C)(O)c2ccccc2)n(C)n1. The lowest BCUT2D eigenvalue weighted by Gasteiger charge is -2.23. The Balaban J connectivity index is 2.08. The van der Waals surface area contributed by atoms with Gasteiger partial charge in [-0.3, -0.25) is 4.68 Å². The molecule has 2 rings (SSSR count). The van der Waals surface area contributed by atoms with Crippen LogP contribution in [-0.4, -0.2) is 20.6 Å². The molecule has 18 heavy (non-hydrogen) atoms. The summed E-state index contributed by atoms with van der Waals surface area (Å²) in [5.41, 5.74) is 1.11. The first-order chi connectivity index (χ1) is 8.49. The minimum Gasteiger partial charge on any atom is -0.385 e. The molecule has 0 spiro atoms. The second kappa shape index (κ2) is 5.16. The van der Waals surface area contributed by atoms with Gasteiger partial charge in [-0.2, -0.15) is 5.10 Å². The predicted molar refractivity (Wildman–Crippen MR) is 74.7 cm³/mol. The van der Waals surface area contributed by atoms with Crippen molar-refractivity contribution < 1.29 is 5.11 Å². The largest absolute Gasteiger partial charge is 0.385 e. The van der Waals surface area contributed by atoms with Crippen LogP contribution in [0.3, 0.4) is 0 Å². The molecule has 0 fully saturated rings. The molecule has 96 valence electrons. The summed E-state index contributed by atoms with van der Waals surface area (Å²) in [5, 5.41) is 15.9. The highest BCUT2D eigenvalue weighted by Gasteiger charge is 2.23. The molecule has 0 amide bonds. The van der Waals surface area contributed by atoms with Gasteiger partial charge in [0.25, 0.3) is 0 Å². The lowest BCUT2D eigenvalue weighted by molar-refractivity contribution is 0.0839. The molecule has 0 radical (unpaired) electrons. The summed E-state index contributed by atoms with van der Waals surface area (Å²) < 4.78 is 1.85. The Morgan fingerprint density at radius 3 is 2.56 bits per heavy atom.